The zero-order valence-electron chi connectivity index (χ0n) is 15.3. The average Bonchev–Trinajstić information content (AvgIpc) is 2.65. The molecule has 1 saturated carbocycles. The van der Waals surface area contributed by atoms with Crippen LogP contribution in [0.1, 0.15) is 70.3 Å². The molecular weight excluding hydrogens is 314 g/mol. The van der Waals surface area contributed by atoms with Crippen LogP contribution in [0.15, 0.2) is 36.4 Å². The largest absolute Gasteiger partial charge is 0.204 e. The minimum Gasteiger partial charge on any atom is -0.204 e. The van der Waals surface area contributed by atoms with E-state index in [1.807, 2.05) is 6.08 Å². The molecule has 0 N–H and O–H groups in total. The lowest BCUT2D eigenvalue weighted by molar-refractivity contribution is 0.219. The van der Waals surface area contributed by atoms with Crippen molar-refractivity contribution in [3.8, 4) is 0 Å². The van der Waals surface area contributed by atoms with Crippen LogP contribution in [-0.2, 0) is 0 Å². The van der Waals surface area contributed by atoms with Crippen molar-refractivity contribution < 1.29 is 8.78 Å². The molecule has 2 heteroatoms. The van der Waals surface area contributed by atoms with E-state index in [2.05, 4.69) is 19.1 Å². The van der Waals surface area contributed by atoms with Crippen LogP contribution in [0.2, 0.25) is 0 Å². The normalized spacial score (nSPS) is 26.5. The summed E-state index contributed by atoms with van der Waals surface area (Å²) in [5.41, 5.74) is 1.20. The van der Waals surface area contributed by atoms with Crippen molar-refractivity contribution in [3.05, 3.63) is 53.6 Å². The first-order valence-corrected chi connectivity index (χ1v) is 10.0. The van der Waals surface area contributed by atoms with Crippen molar-refractivity contribution in [2.75, 3.05) is 0 Å². The van der Waals surface area contributed by atoms with Gasteiger partial charge in [-0.05, 0) is 48.7 Å². The molecule has 1 fully saturated rings. The van der Waals surface area contributed by atoms with E-state index >= 15 is 0 Å². The standard InChI is InChI=1S/C23H30F2/c1-2-3-4-6-17-9-11-18(12-10-17)19-13-15-20(16-14-19)21-7-5-8-22(24)23(21)25/h5,7-8,13,15-19H,2-4,6,9-12,14H2,1H3/t17-,18-,19?. The van der Waals surface area contributed by atoms with Gasteiger partial charge in [-0.2, -0.15) is 0 Å². The molecule has 0 amide bonds. The second kappa shape index (κ2) is 8.78. The lowest BCUT2D eigenvalue weighted by Gasteiger charge is -2.33. The number of unbranched alkanes of at least 4 members (excludes halogenated alkanes) is 2. The molecule has 0 aromatic heterocycles. The summed E-state index contributed by atoms with van der Waals surface area (Å²) in [6.45, 7) is 2.27. The highest BCUT2D eigenvalue weighted by atomic mass is 19.2. The molecule has 0 heterocycles. The quantitative estimate of drug-likeness (QED) is 0.475. The molecule has 0 radical (unpaired) electrons. The van der Waals surface area contributed by atoms with E-state index in [1.165, 1.54) is 57.4 Å². The molecule has 1 aromatic carbocycles. The van der Waals surface area contributed by atoms with Crippen LogP contribution in [-0.4, -0.2) is 0 Å². The van der Waals surface area contributed by atoms with E-state index in [-0.39, 0.29) is 0 Å². The van der Waals surface area contributed by atoms with Gasteiger partial charge in [0, 0.05) is 5.56 Å². The smallest absolute Gasteiger partial charge is 0.166 e. The Morgan fingerprint density at radius 3 is 2.52 bits per heavy atom. The minimum atomic E-state index is -0.768. The van der Waals surface area contributed by atoms with E-state index in [0.717, 1.165) is 23.8 Å². The van der Waals surface area contributed by atoms with Gasteiger partial charge in [-0.25, -0.2) is 8.78 Å². The number of hydrogen-bond donors (Lipinski definition) is 0. The van der Waals surface area contributed by atoms with Crippen molar-refractivity contribution in [1.29, 1.82) is 0 Å². The summed E-state index contributed by atoms with van der Waals surface area (Å²) < 4.78 is 27.4. The van der Waals surface area contributed by atoms with Crippen molar-refractivity contribution in [1.82, 2.24) is 0 Å². The van der Waals surface area contributed by atoms with Gasteiger partial charge in [0.2, 0.25) is 0 Å². The molecule has 0 bridgehead atoms. The van der Waals surface area contributed by atoms with E-state index < -0.39 is 11.6 Å². The molecule has 2 aliphatic carbocycles. The maximum Gasteiger partial charge on any atom is 0.166 e. The Morgan fingerprint density at radius 2 is 1.84 bits per heavy atom. The Labute approximate surface area is 151 Å². The molecular formula is C23H30F2. The van der Waals surface area contributed by atoms with Crippen LogP contribution in [0.4, 0.5) is 8.78 Å². The summed E-state index contributed by atoms with van der Waals surface area (Å²) in [6.07, 6.45) is 18.1. The van der Waals surface area contributed by atoms with Gasteiger partial charge >= 0.3 is 0 Å². The fourth-order valence-corrected chi connectivity index (χ4v) is 4.50. The van der Waals surface area contributed by atoms with E-state index in [9.17, 15) is 8.78 Å². The van der Waals surface area contributed by atoms with Crippen LogP contribution >= 0.6 is 0 Å². The Kier molecular flexibility index (Phi) is 6.45. The molecule has 2 aliphatic rings. The Bertz CT molecular complexity index is 621. The maximum atomic E-state index is 14.0. The van der Waals surface area contributed by atoms with Gasteiger partial charge in [0.25, 0.3) is 0 Å². The van der Waals surface area contributed by atoms with E-state index in [4.69, 9.17) is 0 Å². The number of allylic oxidation sites excluding steroid dienone is 4. The van der Waals surface area contributed by atoms with Crippen molar-refractivity contribution in [2.45, 2.75) is 64.7 Å². The average molecular weight is 344 g/mol. The van der Waals surface area contributed by atoms with Crippen molar-refractivity contribution in [3.63, 3.8) is 0 Å². The molecule has 0 aliphatic heterocycles. The van der Waals surface area contributed by atoms with Crippen molar-refractivity contribution in [2.24, 2.45) is 17.8 Å². The maximum absolute atomic E-state index is 14.0. The number of benzene rings is 1. The molecule has 0 nitrogen and oxygen atoms in total. The highest BCUT2D eigenvalue weighted by Crippen LogP contribution is 2.39. The van der Waals surface area contributed by atoms with Gasteiger partial charge in [-0.3, -0.25) is 0 Å². The second-order valence-corrected chi connectivity index (χ2v) is 7.80. The zero-order chi connectivity index (χ0) is 17.6. The first-order valence-electron chi connectivity index (χ1n) is 10.0. The molecule has 3 rings (SSSR count). The van der Waals surface area contributed by atoms with Gasteiger partial charge in [-0.1, -0.05) is 75.8 Å². The second-order valence-electron chi connectivity index (χ2n) is 7.80. The fraction of sp³-hybridized carbons (Fsp3) is 0.565. The fourth-order valence-electron chi connectivity index (χ4n) is 4.50. The Morgan fingerprint density at radius 1 is 1.04 bits per heavy atom. The highest BCUT2D eigenvalue weighted by Gasteiger charge is 2.27. The molecule has 0 spiro atoms. The Balaban J connectivity index is 1.52. The topological polar surface area (TPSA) is 0 Å². The van der Waals surface area contributed by atoms with Crippen LogP contribution in [0.5, 0.6) is 0 Å². The third-order valence-corrected chi connectivity index (χ3v) is 6.11. The lowest BCUT2D eigenvalue weighted by atomic mass is 9.72. The lowest BCUT2D eigenvalue weighted by Crippen LogP contribution is -2.21. The molecule has 25 heavy (non-hydrogen) atoms. The van der Waals surface area contributed by atoms with Crippen LogP contribution < -0.4 is 0 Å². The third kappa shape index (κ3) is 4.59. The summed E-state index contributed by atoms with van der Waals surface area (Å²) in [6, 6.07) is 4.42. The summed E-state index contributed by atoms with van der Waals surface area (Å²) in [5, 5.41) is 0. The van der Waals surface area contributed by atoms with E-state index in [1.54, 1.807) is 12.1 Å². The first kappa shape index (κ1) is 18.4. The number of hydrogen-bond acceptors (Lipinski definition) is 0. The van der Waals surface area contributed by atoms with Crippen LogP contribution in [0.25, 0.3) is 5.57 Å². The summed E-state index contributed by atoms with van der Waals surface area (Å²) in [5.74, 6) is 0.758. The van der Waals surface area contributed by atoms with Gasteiger partial charge < -0.3 is 0 Å². The number of rotatable bonds is 6. The van der Waals surface area contributed by atoms with Gasteiger partial charge in [0.05, 0.1) is 0 Å². The predicted octanol–water partition coefficient (Wildman–Crippen LogP) is 7.31. The minimum absolute atomic E-state index is 0.384. The molecule has 136 valence electrons. The number of halogens is 2. The monoisotopic (exact) mass is 344 g/mol. The predicted molar refractivity (Wildman–Crippen MR) is 101 cm³/mol. The van der Waals surface area contributed by atoms with Gasteiger partial charge in [-0.15, -0.1) is 0 Å². The summed E-state index contributed by atoms with van der Waals surface area (Å²) >= 11 is 0. The Hall–Kier alpha value is -1.44. The van der Waals surface area contributed by atoms with E-state index in [0.29, 0.717) is 11.5 Å². The molecule has 0 saturated heterocycles. The summed E-state index contributed by atoms with van der Waals surface area (Å²) in [7, 11) is 0. The molecule has 1 unspecified atom stereocenters. The van der Waals surface area contributed by atoms with Crippen LogP contribution in [0.3, 0.4) is 0 Å². The molecule has 1 atom stereocenters. The van der Waals surface area contributed by atoms with Crippen LogP contribution in [0, 0.1) is 29.4 Å². The zero-order valence-corrected chi connectivity index (χ0v) is 15.3. The molecule has 1 aromatic rings. The van der Waals surface area contributed by atoms with Gasteiger partial charge in [0.1, 0.15) is 0 Å². The third-order valence-electron chi connectivity index (χ3n) is 6.11. The van der Waals surface area contributed by atoms with Crippen molar-refractivity contribution >= 4 is 5.57 Å². The van der Waals surface area contributed by atoms with Gasteiger partial charge in [0.15, 0.2) is 11.6 Å². The summed E-state index contributed by atoms with van der Waals surface area (Å²) in [4.78, 5) is 0. The SMILES string of the molecule is CCCCC[C@H]1CC[C@H](C2C=CC(c3cccc(F)c3F)=CC2)CC1. The first-order chi connectivity index (χ1) is 12.2. The highest BCUT2D eigenvalue weighted by molar-refractivity contribution is 5.75.